The fraction of sp³-hybridized carbons (Fsp3) is 1.00. The smallest absolute Gasteiger partial charge is 0.390 e. The van der Waals surface area contributed by atoms with Crippen molar-refractivity contribution in [3.63, 3.8) is 0 Å². The van der Waals surface area contributed by atoms with Crippen molar-refractivity contribution in [2.24, 2.45) is 0 Å². The van der Waals surface area contributed by atoms with Crippen molar-refractivity contribution >= 4 is 0 Å². The Balaban J connectivity index is 2.69. The van der Waals surface area contributed by atoms with E-state index >= 15 is 0 Å². The van der Waals surface area contributed by atoms with E-state index in [1.807, 2.05) is 0 Å². The summed E-state index contributed by atoms with van der Waals surface area (Å²) in [7, 11) is 0. The van der Waals surface area contributed by atoms with Gasteiger partial charge in [-0.1, -0.05) is 0 Å². The van der Waals surface area contributed by atoms with Crippen LogP contribution < -0.4 is 0 Å². The first kappa shape index (κ1) is 15.6. The minimum atomic E-state index is -4.75. The van der Waals surface area contributed by atoms with Gasteiger partial charge in [-0.3, -0.25) is 4.39 Å². The molecule has 8 heteroatoms. The Morgan fingerprint density at radius 2 is 2.00 bits per heavy atom. The summed E-state index contributed by atoms with van der Waals surface area (Å²) >= 11 is 0. The Kier molecular flexibility index (Phi) is 5.77. The van der Waals surface area contributed by atoms with E-state index in [9.17, 15) is 27.8 Å². The molecule has 0 bridgehead atoms. The van der Waals surface area contributed by atoms with Crippen LogP contribution >= 0.6 is 0 Å². The van der Waals surface area contributed by atoms with Crippen molar-refractivity contribution < 1.29 is 37.2 Å². The Morgan fingerprint density at radius 3 is 2.56 bits per heavy atom. The molecule has 2 N–H and O–H groups in total. The number of hydrogen-bond acceptors (Lipinski definition) is 4. The lowest BCUT2D eigenvalue weighted by atomic mass is 9.97. The molecule has 18 heavy (non-hydrogen) atoms. The molecule has 0 unspecified atom stereocenters. The molecule has 4 atom stereocenters. The first-order chi connectivity index (χ1) is 8.38. The fourth-order valence-electron chi connectivity index (χ4n) is 1.72. The van der Waals surface area contributed by atoms with Crippen LogP contribution in [0, 0.1) is 0 Å². The van der Waals surface area contributed by atoms with E-state index in [-0.39, 0.29) is 19.4 Å². The number of ether oxygens (including phenoxy) is 2. The Labute approximate surface area is 101 Å². The van der Waals surface area contributed by atoms with Gasteiger partial charge in [0.05, 0.1) is 19.4 Å². The summed E-state index contributed by atoms with van der Waals surface area (Å²) < 4.78 is 59.4. The van der Waals surface area contributed by atoms with Gasteiger partial charge in [-0.25, -0.2) is 0 Å². The molecule has 0 radical (unpaired) electrons. The van der Waals surface area contributed by atoms with Gasteiger partial charge >= 0.3 is 6.18 Å². The van der Waals surface area contributed by atoms with E-state index < -0.39 is 43.9 Å². The maximum atomic E-state index is 12.7. The molecule has 4 nitrogen and oxygen atoms in total. The van der Waals surface area contributed by atoms with Gasteiger partial charge < -0.3 is 19.7 Å². The van der Waals surface area contributed by atoms with Crippen molar-refractivity contribution in [3.05, 3.63) is 0 Å². The second-order valence-electron chi connectivity index (χ2n) is 4.06. The van der Waals surface area contributed by atoms with Crippen molar-refractivity contribution in [2.45, 2.75) is 43.4 Å². The number of hydrogen-bond donors (Lipinski definition) is 2. The van der Waals surface area contributed by atoms with Crippen LogP contribution in [0.2, 0.25) is 0 Å². The molecule has 0 amide bonds. The number of aliphatic hydroxyl groups is 2. The van der Waals surface area contributed by atoms with Crippen LogP contribution in [0.1, 0.15) is 12.8 Å². The van der Waals surface area contributed by atoms with E-state index in [2.05, 4.69) is 4.74 Å². The fourth-order valence-corrected chi connectivity index (χ4v) is 1.72. The second-order valence-corrected chi connectivity index (χ2v) is 4.06. The predicted molar refractivity (Wildman–Crippen MR) is 52.8 cm³/mol. The maximum Gasteiger partial charge on any atom is 0.417 e. The molecular formula is C10H16F4O4. The lowest BCUT2D eigenvalue weighted by Gasteiger charge is -2.37. The van der Waals surface area contributed by atoms with Gasteiger partial charge in [0.2, 0.25) is 0 Å². The highest BCUT2D eigenvalue weighted by Gasteiger charge is 2.51. The number of aliphatic hydroxyl groups excluding tert-OH is 2. The third-order valence-corrected chi connectivity index (χ3v) is 2.65. The molecular weight excluding hydrogens is 260 g/mol. The predicted octanol–water partition coefficient (Wildman–Crippen LogP) is 0.804. The van der Waals surface area contributed by atoms with Crippen LogP contribution in [0.3, 0.4) is 0 Å². The summed E-state index contributed by atoms with van der Waals surface area (Å²) in [5, 5.41) is 18.8. The Morgan fingerprint density at radius 1 is 1.33 bits per heavy atom. The summed E-state index contributed by atoms with van der Waals surface area (Å²) in [6.45, 7) is -1.31. The van der Waals surface area contributed by atoms with Crippen molar-refractivity contribution in [2.75, 3.05) is 19.9 Å². The van der Waals surface area contributed by atoms with E-state index in [1.54, 1.807) is 0 Å². The van der Waals surface area contributed by atoms with Gasteiger partial charge in [0.15, 0.2) is 6.10 Å². The van der Waals surface area contributed by atoms with Crippen LogP contribution in [0.5, 0.6) is 0 Å². The molecule has 1 aliphatic rings. The van der Waals surface area contributed by atoms with Crippen LogP contribution in [0.25, 0.3) is 0 Å². The molecule has 1 aliphatic heterocycles. The van der Waals surface area contributed by atoms with Crippen molar-refractivity contribution in [1.82, 2.24) is 0 Å². The van der Waals surface area contributed by atoms with Crippen molar-refractivity contribution in [3.8, 4) is 0 Å². The molecule has 108 valence electrons. The first-order valence-corrected chi connectivity index (χ1v) is 5.60. The minimum Gasteiger partial charge on any atom is -0.390 e. The van der Waals surface area contributed by atoms with Crippen molar-refractivity contribution in [1.29, 1.82) is 0 Å². The average molecular weight is 276 g/mol. The van der Waals surface area contributed by atoms with Gasteiger partial charge in [0, 0.05) is 6.61 Å². The Bertz CT molecular complexity index is 249. The normalized spacial score (nSPS) is 31.3. The average Bonchev–Trinajstić information content (AvgIpc) is 2.28. The SMILES string of the molecule is O[C@@H]1[C@@H]([C@@H](OCCCF)C(F)(F)F)OCC[C@H]1O. The third kappa shape index (κ3) is 4.04. The third-order valence-electron chi connectivity index (χ3n) is 2.65. The number of rotatable bonds is 5. The monoisotopic (exact) mass is 276 g/mol. The van der Waals surface area contributed by atoms with Crippen LogP contribution in [0.15, 0.2) is 0 Å². The molecule has 1 rings (SSSR count). The number of alkyl halides is 4. The van der Waals surface area contributed by atoms with E-state index in [1.165, 1.54) is 0 Å². The van der Waals surface area contributed by atoms with Gasteiger partial charge in [-0.2, -0.15) is 13.2 Å². The molecule has 1 fully saturated rings. The topological polar surface area (TPSA) is 58.9 Å². The highest BCUT2D eigenvalue weighted by molar-refractivity contribution is 4.90. The first-order valence-electron chi connectivity index (χ1n) is 5.60. The Hall–Kier alpha value is -0.440. The van der Waals surface area contributed by atoms with Crippen LogP contribution in [0.4, 0.5) is 17.6 Å². The van der Waals surface area contributed by atoms with E-state index in [4.69, 9.17) is 4.74 Å². The molecule has 1 saturated heterocycles. The summed E-state index contributed by atoms with van der Waals surface area (Å²) in [5.74, 6) is 0. The van der Waals surface area contributed by atoms with Gasteiger partial charge in [-0.05, 0) is 12.8 Å². The van der Waals surface area contributed by atoms with Crippen LogP contribution in [-0.4, -0.2) is 60.7 Å². The van der Waals surface area contributed by atoms with Gasteiger partial charge in [0.1, 0.15) is 12.2 Å². The van der Waals surface area contributed by atoms with Gasteiger partial charge in [-0.15, -0.1) is 0 Å². The summed E-state index contributed by atoms with van der Waals surface area (Å²) in [6.07, 6.45) is -11.9. The van der Waals surface area contributed by atoms with Gasteiger partial charge in [0.25, 0.3) is 0 Å². The zero-order valence-corrected chi connectivity index (χ0v) is 9.57. The molecule has 0 aromatic rings. The number of halogens is 4. The maximum absolute atomic E-state index is 12.7. The zero-order valence-electron chi connectivity index (χ0n) is 9.57. The summed E-state index contributed by atoms with van der Waals surface area (Å²) in [5.41, 5.74) is 0. The molecule has 0 aliphatic carbocycles. The molecule has 0 spiro atoms. The largest absolute Gasteiger partial charge is 0.417 e. The molecule has 0 aromatic carbocycles. The zero-order chi connectivity index (χ0) is 13.8. The highest BCUT2D eigenvalue weighted by atomic mass is 19.4. The standard InChI is InChI=1S/C10H16F4O4/c11-3-1-4-18-9(10(12,13)14)8-7(16)6(15)2-5-17-8/h6-9,15-16H,1-5H2/t6-,7+,8+,9-/m1/s1. The molecule has 0 saturated carbocycles. The molecule has 1 heterocycles. The summed E-state index contributed by atoms with van der Waals surface area (Å²) in [6, 6.07) is 0. The van der Waals surface area contributed by atoms with E-state index in [0.717, 1.165) is 0 Å². The minimum absolute atomic E-state index is 0.0622. The second kappa shape index (κ2) is 6.65. The highest BCUT2D eigenvalue weighted by Crippen LogP contribution is 2.31. The quantitative estimate of drug-likeness (QED) is 0.576. The lowest BCUT2D eigenvalue weighted by molar-refractivity contribution is -0.279. The lowest BCUT2D eigenvalue weighted by Crippen LogP contribution is -2.55. The molecule has 0 aromatic heterocycles. The van der Waals surface area contributed by atoms with Crippen LogP contribution in [-0.2, 0) is 9.47 Å². The summed E-state index contributed by atoms with van der Waals surface area (Å²) in [4.78, 5) is 0. The van der Waals surface area contributed by atoms with E-state index in [0.29, 0.717) is 0 Å².